The SMILES string of the molecule is O=C(CC1CC1C1CCC1)N1CCN(C(=O)c2ccc(NS(=O)(=O)c3cccc4cccnc34)cc2)CC1. The number of carbonyl (C=O) groups is 2. The van der Waals surface area contributed by atoms with Gasteiger partial charge in [-0.2, -0.15) is 0 Å². The van der Waals surface area contributed by atoms with Gasteiger partial charge < -0.3 is 9.80 Å². The van der Waals surface area contributed by atoms with Crippen LogP contribution in [0.2, 0.25) is 0 Å². The van der Waals surface area contributed by atoms with E-state index in [4.69, 9.17) is 0 Å². The Morgan fingerprint density at radius 2 is 1.63 bits per heavy atom. The van der Waals surface area contributed by atoms with Crippen LogP contribution in [0, 0.1) is 17.8 Å². The van der Waals surface area contributed by atoms with Crippen molar-refractivity contribution in [1.82, 2.24) is 14.8 Å². The number of carbonyl (C=O) groups excluding carboxylic acids is 2. The minimum absolute atomic E-state index is 0.100. The van der Waals surface area contributed by atoms with Gasteiger partial charge in [0.1, 0.15) is 4.90 Å². The topological polar surface area (TPSA) is 99.7 Å². The van der Waals surface area contributed by atoms with E-state index in [1.807, 2.05) is 17.0 Å². The van der Waals surface area contributed by atoms with Crippen LogP contribution in [0.3, 0.4) is 0 Å². The Bertz CT molecular complexity index is 1460. The van der Waals surface area contributed by atoms with Crippen LogP contribution in [0.4, 0.5) is 5.69 Å². The van der Waals surface area contributed by atoms with Gasteiger partial charge in [-0.1, -0.05) is 37.5 Å². The molecule has 1 N–H and O–H groups in total. The third-order valence-electron chi connectivity index (χ3n) is 8.36. The zero-order valence-electron chi connectivity index (χ0n) is 21.3. The maximum Gasteiger partial charge on any atom is 0.264 e. The van der Waals surface area contributed by atoms with E-state index in [0.29, 0.717) is 55.3 Å². The lowest BCUT2D eigenvalue weighted by atomic mass is 9.81. The summed E-state index contributed by atoms with van der Waals surface area (Å²) in [7, 11) is -3.86. The summed E-state index contributed by atoms with van der Waals surface area (Å²) >= 11 is 0. The number of hydrogen-bond acceptors (Lipinski definition) is 5. The molecular formula is C29H32N4O4S. The summed E-state index contributed by atoms with van der Waals surface area (Å²) in [6, 6.07) is 15.1. The Kier molecular flexibility index (Phi) is 6.55. The minimum atomic E-state index is -3.86. The summed E-state index contributed by atoms with van der Waals surface area (Å²) < 4.78 is 28.7. The van der Waals surface area contributed by atoms with Gasteiger partial charge in [0.05, 0.1) is 5.52 Å². The summed E-state index contributed by atoms with van der Waals surface area (Å²) in [4.78, 5) is 33.8. The van der Waals surface area contributed by atoms with E-state index < -0.39 is 10.0 Å². The van der Waals surface area contributed by atoms with Crippen molar-refractivity contribution in [2.45, 2.75) is 37.0 Å². The summed E-state index contributed by atoms with van der Waals surface area (Å²) in [6.45, 7) is 2.12. The number of nitrogens with one attached hydrogen (secondary N) is 1. The van der Waals surface area contributed by atoms with Crippen LogP contribution < -0.4 is 4.72 Å². The van der Waals surface area contributed by atoms with Crippen LogP contribution >= 0.6 is 0 Å². The van der Waals surface area contributed by atoms with E-state index in [0.717, 1.165) is 17.2 Å². The first-order valence-corrected chi connectivity index (χ1v) is 14.9. The van der Waals surface area contributed by atoms with Crippen LogP contribution in [-0.4, -0.2) is 61.2 Å². The summed E-state index contributed by atoms with van der Waals surface area (Å²) in [5, 5.41) is 0.739. The monoisotopic (exact) mass is 532 g/mol. The largest absolute Gasteiger partial charge is 0.339 e. The summed E-state index contributed by atoms with van der Waals surface area (Å²) in [6.07, 6.45) is 7.45. The highest BCUT2D eigenvalue weighted by Crippen LogP contribution is 2.53. The van der Waals surface area contributed by atoms with Crippen molar-refractivity contribution in [2.24, 2.45) is 17.8 Å². The Morgan fingerprint density at radius 3 is 2.34 bits per heavy atom. The lowest BCUT2D eigenvalue weighted by Crippen LogP contribution is -2.50. The number of hydrogen-bond donors (Lipinski definition) is 1. The molecule has 2 unspecified atom stereocenters. The van der Waals surface area contributed by atoms with Gasteiger partial charge in [-0.05, 0) is 60.6 Å². The first kappa shape index (κ1) is 24.9. The van der Waals surface area contributed by atoms with E-state index in [2.05, 4.69) is 9.71 Å². The molecule has 1 aromatic heterocycles. The van der Waals surface area contributed by atoms with E-state index in [1.165, 1.54) is 31.7 Å². The van der Waals surface area contributed by atoms with Gasteiger partial charge in [0.25, 0.3) is 15.9 Å². The summed E-state index contributed by atoms with van der Waals surface area (Å²) in [5.41, 5.74) is 1.26. The second kappa shape index (κ2) is 10.0. The Labute approximate surface area is 223 Å². The number of piperazine rings is 1. The smallest absolute Gasteiger partial charge is 0.264 e. The lowest BCUT2D eigenvalue weighted by Gasteiger charge is -2.35. The van der Waals surface area contributed by atoms with E-state index in [1.54, 1.807) is 47.5 Å². The fourth-order valence-electron chi connectivity index (χ4n) is 5.83. The number of fused-ring (bicyclic) bond motifs is 1. The van der Waals surface area contributed by atoms with Crippen molar-refractivity contribution in [2.75, 3.05) is 30.9 Å². The normalized spacial score (nSPS) is 21.7. The van der Waals surface area contributed by atoms with Crippen LogP contribution in [-0.2, 0) is 14.8 Å². The maximum atomic E-state index is 13.1. The summed E-state index contributed by atoms with van der Waals surface area (Å²) in [5.74, 6) is 2.31. The zero-order valence-corrected chi connectivity index (χ0v) is 22.1. The molecule has 198 valence electrons. The number of anilines is 1. The number of benzene rings is 2. The highest BCUT2D eigenvalue weighted by molar-refractivity contribution is 7.93. The Morgan fingerprint density at radius 1 is 0.921 bits per heavy atom. The second-order valence-corrected chi connectivity index (χ2v) is 12.4. The van der Waals surface area contributed by atoms with Crippen LogP contribution in [0.1, 0.15) is 42.5 Å². The fourth-order valence-corrected chi connectivity index (χ4v) is 7.07. The average molecular weight is 533 g/mol. The van der Waals surface area contributed by atoms with E-state index in [-0.39, 0.29) is 16.7 Å². The maximum absolute atomic E-state index is 13.1. The number of sulfonamides is 1. The Hall–Kier alpha value is -3.46. The van der Waals surface area contributed by atoms with Crippen molar-refractivity contribution in [1.29, 1.82) is 0 Å². The third-order valence-corrected chi connectivity index (χ3v) is 9.77. The van der Waals surface area contributed by atoms with Gasteiger partial charge in [0, 0.05) is 55.4 Å². The second-order valence-electron chi connectivity index (χ2n) is 10.7. The quantitative estimate of drug-likeness (QED) is 0.493. The predicted octanol–water partition coefficient (Wildman–Crippen LogP) is 4.15. The van der Waals surface area contributed by atoms with E-state index in [9.17, 15) is 18.0 Å². The van der Waals surface area contributed by atoms with Crippen LogP contribution in [0.5, 0.6) is 0 Å². The molecule has 8 nitrogen and oxygen atoms in total. The first-order chi connectivity index (χ1) is 18.4. The van der Waals surface area contributed by atoms with Crippen molar-refractivity contribution >= 4 is 38.4 Å². The number of amides is 2. The Balaban J connectivity index is 1.03. The van der Waals surface area contributed by atoms with Crippen LogP contribution in [0.25, 0.3) is 10.9 Å². The zero-order chi connectivity index (χ0) is 26.3. The molecule has 1 saturated heterocycles. The van der Waals surface area contributed by atoms with Crippen LogP contribution in [0.15, 0.2) is 65.7 Å². The molecule has 3 fully saturated rings. The van der Waals surface area contributed by atoms with Crippen molar-refractivity contribution in [3.63, 3.8) is 0 Å². The number of rotatable bonds is 7. The molecule has 2 saturated carbocycles. The molecule has 2 atom stereocenters. The van der Waals surface area contributed by atoms with Crippen molar-refractivity contribution in [3.8, 4) is 0 Å². The molecule has 2 aromatic carbocycles. The molecule has 3 aliphatic rings. The molecule has 0 radical (unpaired) electrons. The molecule has 2 aliphatic carbocycles. The number of para-hydroxylation sites is 1. The molecule has 38 heavy (non-hydrogen) atoms. The molecular weight excluding hydrogens is 500 g/mol. The molecule has 9 heteroatoms. The number of nitrogens with zero attached hydrogens (tertiary/aromatic N) is 3. The molecule has 6 rings (SSSR count). The fraction of sp³-hybridized carbons (Fsp3) is 0.414. The molecule has 3 aromatic rings. The van der Waals surface area contributed by atoms with Gasteiger partial charge >= 0.3 is 0 Å². The number of pyridine rings is 1. The van der Waals surface area contributed by atoms with Gasteiger partial charge in [-0.3, -0.25) is 19.3 Å². The standard InChI is InChI=1S/C29H32N4O4S/c34-27(19-23-18-25(23)20-4-1-5-20)32-14-16-33(17-15-32)29(35)22-9-11-24(12-10-22)31-38(36,37)26-8-2-6-21-7-3-13-30-28(21)26/h2-3,6-13,20,23,25,31H,1,4-5,14-19H2. The average Bonchev–Trinajstić information content (AvgIpc) is 3.65. The molecule has 0 spiro atoms. The highest BCUT2D eigenvalue weighted by Gasteiger charge is 2.46. The molecule has 2 heterocycles. The van der Waals surface area contributed by atoms with Crippen molar-refractivity contribution in [3.05, 3.63) is 66.4 Å². The molecule has 0 bridgehead atoms. The van der Waals surface area contributed by atoms with Gasteiger partial charge in [-0.15, -0.1) is 0 Å². The lowest BCUT2D eigenvalue weighted by molar-refractivity contribution is -0.133. The molecule has 2 amide bonds. The van der Waals surface area contributed by atoms with Gasteiger partial charge in [-0.25, -0.2) is 8.42 Å². The van der Waals surface area contributed by atoms with Gasteiger partial charge in [0.15, 0.2) is 0 Å². The predicted molar refractivity (Wildman–Crippen MR) is 145 cm³/mol. The highest BCUT2D eigenvalue weighted by atomic mass is 32.2. The van der Waals surface area contributed by atoms with Gasteiger partial charge in [0.2, 0.25) is 5.91 Å². The first-order valence-electron chi connectivity index (χ1n) is 13.4. The third kappa shape index (κ3) is 4.99. The molecule has 1 aliphatic heterocycles. The minimum Gasteiger partial charge on any atom is -0.339 e. The van der Waals surface area contributed by atoms with Crippen molar-refractivity contribution < 1.29 is 18.0 Å². The number of aromatic nitrogens is 1. The van der Waals surface area contributed by atoms with E-state index >= 15 is 0 Å².